The monoisotopic (exact) mass is 205 g/mol. The third-order valence-electron chi connectivity index (χ3n) is 2.02. The number of aliphatic hydroxyl groups is 1. The van der Waals surface area contributed by atoms with Crippen LogP contribution in [0.4, 0.5) is 0 Å². The molecular weight excluding hydrogens is 194 g/mol. The second kappa shape index (κ2) is 4.10. The first kappa shape index (κ1) is 9.67. The van der Waals surface area contributed by atoms with Gasteiger partial charge in [0.15, 0.2) is 0 Å². The number of hydrogen-bond donors (Lipinski definition) is 2. The maximum Gasteiger partial charge on any atom is 0.212 e. The molecule has 2 rings (SSSR count). The number of ether oxygens (including phenoxy) is 1. The molecule has 0 saturated heterocycles. The van der Waals surface area contributed by atoms with E-state index in [1.165, 1.54) is 0 Å². The van der Waals surface area contributed by atoms with Crippen molar-refractivity contribution in [1.29, 1.82) is 0 Å². The van der Waals surface area contributed by atoms with Crippen molar-refractivity contribution in [1.82, 2.24) is 15.0 Å². The molecule has 0 aliphatic carbocycles. The fraction of sp³-hybridized carbons (Fsp3) is 0.200. The number of pyridine rings is 1. The first-order valence-electron chi connectivity index (χ1n) is 4.48. The Morgan fingerprint density at radius 3 is 2.73 bits per heavy atom. The number of hydrogen-bond acceptors (Lipinski definition) is 4. The van der Waals surface area contributed by atoms with E-state index in [1.54, 1.807) is 25.6 Å². The molecule has 0 aliphatic rings. The number of methoxy groups -OCH3 is 1. The van der Waals surface area contributed by atoms with Gasteiger partial charge in [0.25, 0.3) is 0 Å². The number of imidazole rings is 1. The van der Waals surface area contributed by atoms with E-state index in [9.17, 15) is 0 Å². The van der Waals surface area contributed by atoms with E-state index >= 15 is 0 Å². The lowest BCUT2D eigenvalue weighted by Crippen LogP contribution is -1.88. The number of nitrogens with zero attached hydrogens (tertiary/aromatic N) is 2. The summed E-state index contributed by atoms with van der Waals surface area (Å²) in [7, 11) is 1.57. The van der Waals surface area contributed by atoms with Crippen LogP contribution in [0, 0.1) is 0 Å². The van der Waals surface area contributed by atoms with Crippen LogP contribution in [0.3, 0.4) is 0 Å². The molecule has 0 aliphatic heterocycles. The van der Waals surface area contributed by atoms with E-state index in [-0.39, 0.29) is 6.61 Å². The van der Waals surface area contributed by atoms with Gasteiger partial charge in [0.05, 0.1) is 25.6 Å². The highest BCUT2D eigenvalue weighted by Gasteiger charge is 2.03. The van der Waals surface area contributed by atoms with Gasteiger partial charge < -0.3 is 14.8 Å². The van der Waals surface area contributed by atoms with Crippen molar-refractivity contribution in [3.8, 4) is 17.3 Å². The molecular formula is C10H11N3O2. The van der Waals surface area contributed by atoms with Crippen LogP contribution in [-0.2, 0) is 6.61 Å². The van der Waals surface area contributed by atoms with Crippen LogP contribution in [0.25, 0.3) is 11.4 Å². The average molecular weight is 205 g/mol. The van der Waals surface area contributed by atoms with Crippen LogP contribution in [-0.4, -0.2) is 27.2 Å². The molecule has 15 heavy (non-hydrogen) atoms. The quantitative estimate of drug-likeness (QED) is 0.783. The molecule has 0 spiro atoms. The summed E-state index contributed by atoms with van der Waals surface area (Å²) in [5, 5.41) is 8.87. The number of aromatic nitrogens is 3. The van der Waals surface area contributed by atoms with Gasteiger partial charge in [-0.3, -0.25) is 0 Å². The Hall–Kier alpha value is -1.88. The standard InChI is InChI=1S/C10H11N3O2/c1-15-9-3-2-7(4-11-9)10-12-5-8(6-14)13-10/h2-5,14H,6H2,1H3,(H,12,13). The fourth-order valence-corrected chi connectivity index (χ4v) is 1.23. The van der Waals surface area contributed by atoms with Crippen LogP contribution < -0.4 is 4.74 Å². The summed E-state index contributed by atoms with van der Waals surface area (Å²) in [6.07, 6.45) is 3.26. The van der Waals surface area contributed by atoms with Crippen molar-refractivity contribution < 1.29 is 9.84 Å². The van der Waals surface area contributed by atoms with Gasteiger partial charge >= 0.3 is 0 Å². The molecule has 0 unspecified atom stereocenters. The normalized spacial score (nSPS) is 10.3. The minimum atomic E-state index is -0.0451. The lowest BCUT2D eigenvalue weighted by atomic mass is 10.3. The molecule has 0 atom stereocenters. The van der Waals surface area contributed by atoms with Crippen molar-refractivity contribution in [2.24, 2.45) is 0 Å². The average Bonchev–Trinajstić information content (AvgIpc) is 2.78. The lowest BCUT2D eigenvalue weighted by molar-refractivity contribution is 0.277. The molecule has 0 amide bonds. The number of aromatic amines is 1. The van der Waals surface area contributed by atoms with Crippen molar-refractivity contribution >= 4 is 0 Å². The Labute approximate surface area is 86.8 Å². The zero-order chi connectivity index (χ0) is 10.7. The second-order valence-electron chi connectivity index (χ2n) is 3.00. The molecule has 0 radical (unpaired) electrons. The van der Waals surface area contributed by atoms with E-state index in [1.807, 2.05) is 6.07 Å². The molecule has 0 aromatic carbocycles. The molecule has 0 fully saturated rings. The summed E-state index contributed by atoms with van der Waals surface area (Å²) in [6, 6.07) is 3.61. The minimum absolute atomic E-state index is 0.0451. The largest absolute Gasteiger partial charge is 0.481 e. The van der Waals surface area contributed by atoms with Gasteiger partial charge in [-0.25, -0.2) is 9.97 Å². The Morgan fingerprint density at radius 1 is 1.33 bits per heavy atom. The zero-order valence-corrected chi connectivity index (χ0v) is 8.27. The number of H-pyrrole nitrogens is 1. The molecule has 2 aromatic heterocycles. The lowest BCUT2D eigenvalue weighted by Gasteiger charge is -1.99. The van der Waals surface area contributed by atoms with Crippen LogP contribution in [0.15, 0.2) is 24.5 Å². The summed E-state index contributed by atoms with van der Waals surface area (Å²) < 4.78 is 4.95. The summed E-state index contributed by atoms with van der Waals surface area (Å²) in [6.45, 7) is -0.0451. The van der Waals surface area contributed by atoms with Crippen molar-refractivity contribution in [3.05, 3.63) is 30.2 Å². The first-order valence-corrected chi connectivity index (χ1v) is 4.48. The molecule has 2 aromatic rings. The van der Waals surface area contributed by atoms with Crippen LogP contribution in [0.5, 0.6) is 5.88 Å². The smallest absolute Gasteiger partial charge is 0.212 e. The highest BCUT2D eigenvalue weighted by atomic mass is 16.5. The van der Waals surface area contributed by atoms with Gasteiger partial charge in [-0.1, -0.05) is 0 Å². The molecule has 5 nitrogen and oxygen atoms in total. The van der Waals surface area contributed by atoms with Gasteiger partial charge in [0.1, 0.15) is 5.82 Å². The summed E-state index contributed by atoms with van der Waals surface area (Å²) in [4.78, 5) is 11.2. The molecule has 2 heterocycles. The predicted molar refractivity (Wildman–Crippen MR) is 54.3 cm³/mol. The number of rotatable bonds is 3. The Kier molecular flexibility index (Phi) is 2.64. The van der Waals surface area contributed by atoms with Crippen LogP contribution in [0.1, 0.15) is 5.69 Å². The van der Waals surface area contributed by atoms with Gasteiger partial charge in [-0.05, 0) is 6.07 Å². The molecule has 5 heteroatoms. The highest BCUT2D eigenvalue weighted by Crippen LogP contribution is 2.16. The van der Waals surface area contributed by atoms with Crippen molar-refractivity contribution in [2.75, 3.05) is 7.11 Å². The first-order chi connectivity index (χ1) is 7.33. The predicted octanol–water partition coefficient (Wildman–Crippen LogP) is 0.973. The summed E-state index contributed by atoms with van der Waals surface area (Å²) in [5.74, 6) is 1.25. The van der Waals surface area contributed by atoms with E-state index in [4.69, 9.17) is 9.84 Å². The molecule has 2 N–H and O–H groups in total. The second-order valence-corrected chi connectivity index (χ2v) is 3.00. The van der Waals surface area contributed by atoms with E-state index in [0.29, 0.717) is 17.4 Å². The summed E-state index contributed by atoms with van der Waals surface area (Å²) in [5.41, 5.74) is 1.54. The van der Waals surface area contributed by atoms with Gasteiger partial charge in [-0.2, -0.15) is 0 Å². The van der Waals surface area contributed by atoms with Crippen molar-refractivity contribution in [3.63, 3.8) is 0 Å². The van der Waals surface area contributed by atoms with Crippen LogP contribution >= 0.6 is 0 Å². The van der Waals surface area contributed by atoms with Gasteiger partial charge in [0.2, 0.25) is 5.88 Å². The van der Waals surface area contributed by atoms with Crippen molar-refractivity contribution in [2.45, 2.75) is 6.61 Å². The Bertz CT molecular complexity index is 436. The Balaban J connectivity index is 2.28. The maximum absolute atomic E-state index is 8.87. The minimum Gasteiger partial charge on any atom is -0.481 e. The summed E-state index contributed by atoms with van der Waals surface area (Å²) >= 11 is 0. The van der Waals surface area contributed by atoms with E-state index in [2.05, 4.69) is 15.0 Å². The third-order valence-corrected chi connectivity index (χ3v) is 2.02. The van der Waals surface area contributed by atoms with E-state index < -0.39 is 0 Å². The van der Waals surface area contributed by atoms with Gasteiger partial charge in [0, 0.05) is 17.8 Å². The molecule has 0 saturated carbocycles. The maximum atomic E-state index is 8.87. The van der Waals surface area contributed by atoms with Gasteiger partial charge in [-0.15, -0.1) is 0 Å². The topological polar surface area (TPSA) is 71.0 Å². The third kappa shape index (κ3) is 1.97. The fourth-order valence-electron chi connectivity index (χ4n) is 1.23. The number of aliphatic hydroxyl groups excluding tert-OH is 1. The number of nitrogens with one attached hydrogen (secondary N) is 1. The van der Waals surface area contributed by atoms with Crippen LogP contribution in [0.2, 0.25) is 0 Å². The SMILES string of the molecule is COc1ccc(-c2ncc(CO)[nH]2)cn1. The highest BCUT2D eigenvalue weighted by molar-refractivity contribution is 5.54. The molecule has 0 bridgehead atoms. The Morgan fingerprint density at radius 2 is 2.20 bits per heavy atom. The molecule has 78 valence electrons. The zero-order valence-electron chi connectivity index (χ0n) is 8.27. The van der Waals surface area contributed by atoms with E-state index in [0.717, 1.165) is 5.56 Å².